The van der Waals surface area contributed by atoms with Crippen molar-refractivity contribution in [1.82, 2.24) is 0 Å². The first-order valence-electron chi connectivity index (χ1n) is 16.5. The Hall–Kier alpha value is -6.36. The van der Waals surface area contributed by atoms with Gasteiger partial charge in [0.2, 0.25) is 0 Å². The molecule has 0 N–H and O–H groups in total. The van der Waals surface area contributed by atoms with Crippen LogP contribution in [-0.4, -0.2) is 13.1 Å². The summed E-state index contributed by atoms with van der Waals surface area (Å²) < 4.78 is 0. The van der Waals surface area contributed by atoms with E-state index >= 15 is 0 Å². The third-order valence-electron chi connectivity index (χ3n) is 10.0. The zero-order chi connectivity index (χ0) is 32.2. The Balaban J connectivity index is 1.31. The summed E-state index contributed by atoms with van der Waals surface area (Å²) >= 11 is 0. The third-order valence-corrected chi connectivity index (χ3v) is 10.0. The van der Waals surface area contributed by atoms with E-state index in [4.69, 9.17) is 0 Å². The van der Waals surface area contributed by atoms with Crippen molar-refractivity contribution < 1.29 is 0 Å². The van der Waals surface area contributed by atoms with Gasteiger partial charge < -0.3 is 9.80 Å². The maximum absolute atomic E-state index is 9.48. The smallest absolute Gasteiger partial charge is 0.0991 e. The maximum atomic E-state index is 9.48. The highest BCUT2D eigenvalue weighted by atomic mass is 15.2. The van der Waals surface area contributed by atoms with Crippen molar-refractivity contribution in [3.05, 3.63) is 156 Å². The van der Waals surface area contributed by atoms with Crippen LogP contribution >= 0.6 is 0 Å². The lowest BCUT2D eigenvalue weighted by molar-refractivity contribution is 0.999. The lowest BCUT2D eigenvalue weighted by atomic mass is 9.85. The van der Waals surface area contributed by atoms with E-state index in [1.54, 1.807) is 0 Å². The second kappa shape index (κ2) is 11.2. The van der Waals surface area contributed by atoms with Crippen LogP contribution in [-0.2, 0) is 12.8 Å². The van der Waals surface area contributed by atoms with Gasteiger partial charge in [-0.15, -0.1) is 0 Å². The number of hydrogen-bond donors (Lipinski definition) is 0. The highest BCUT2D eigenvalue weighted by Gasteiger charge is 2.25. The first kappa shape index (κ1) is 27.9. The molecule has 2 aliphatic heterocycles. The zero-order valence-corrected chi connectivity index (χ0v) is 26.3. The molecular weight excluding hydrogens is 585 g/mol. The topological polar surface area (TPSA) is 54.1 Å². The minimum atomic E-state index is 0.711. The van der Waals surface area contributed by atoms with Crippen LogP contribution in [0.3, 0.4) is 0 Å². The van der Waals surface area contributed by atoms with Gasteiger partial charge in [-0.2, -0.15) is 10.5 Å². The minimum absolute atomic E-state index is 0.711. The summed E-state index contributed by atoms with van der Waals surface area (Å²) in [7, 11) is 0. The molecule has 0 fully saturated rings. The average Bonchev–Trinajstić information content (AvgIpc) is 3.78. The fraction of sp³-hybridized carbons (Fsp3) is 0.0909. The molecular formula is C44H30N4. The van der Waals surface area contributed by atoms with E-state index < -0.39 is 0 Å². The third kappa shape index (κ3) is 4.43. The Labute approximate surface area is 280 Å². The van der Waals surface area contributed by atoms with E-state index in [0.717, 1.165) is 37.3 Å². The van der Waals surface area contributed by atoms with Gasteiger partial charge in [-0.05, 0) is 128 Å². The fourth-order valence-corrected chi connectivity index (χ4v) is 7.85. The second-order valence-electron chi connectivity index (χ2n) is 12.7. The summed E-state index contributed by atoms with van der Waals surface area (Å²) in [6, 6.07) is 52.1. The SMILES string of the molecule is N#Cc1ccc2c(c1)CCN2c1ccc2c(-c3ccccc3)c3cc(N4CCc5cc(C#N)ccc54)ccc3c(-c3ccccc3)c2c1. The van der Waals surface area contributed by atoms with Crippen molar-refractivity contribution in [2.24, 2.45) is 0 Å². The molecule has 7 aromatic carbocycles. The van der Waals surface area contributed by atoms with Gasteiger partial charge in [0, 0.05) is 35.8 Å². The quantitative estimate of drug-likeness (QED) is 0.185. The molecule has 0 saturated heterocycles. The lowest BCUT2D eigenvalue weighted by Crippen LogP contribution is -2.13. The molecule has 4 heteroatoms. The summed E-state index contributed by atoms with van der Waals surface area (Å²) in [4.78, 5) is 4.78. The van der Waals surface area contributed by atoms with Crippen LogP contribution in [0.15, 0.2) is 133 Å². The molecule has 0 unspecified atom stereocenters. The maximum Gasteiger partial charge on any atom is 0.0991 e. The number of anilines is 4. The molecule has 0 aromatic heterocycles. The molecule has 48 heavy (non-hydrogen) atoms. The lowest BCUT2D eigenvalue weighted by Gasteiger charge is -2.25. The first-order valence-corrected chi connectivity index (χ1v) is 16.5. The van der Waals surface area contributed by atoms with Crippen LogP contribution < -0.4 is 9.80 Å². The van der Waals surface area contributed by atoms with Crippen LogP contribution in [0.5, 0.6) is 0 Å². The van der Waals surface area contributed by atoms with Gasteiger partial charge >= 0.3 is 0 Å². The Kier molecular flexibility index (Phi) is 6.49. The predicted molar refractivity (Wildman–Crippen MR) is 196 cm³/mol. The molecule has 0 amide bonds. The van der Waals surface area contributed by atoms with Crippen molar-refractivity contribution in [3.8, 4) is 34.4 Å². The Morgan fingerprint density at radius 2 is 0.875 bits per heavy atom. The summed E-state index contributed by atoms with van der Waals surface area (Å²) in [5, 5.41) is 23.8. The summed E-state index contributed by atoms with van der Waals surface area (Å²) in [5.41, 5.74) is 13.4. The van der Waals surface area contributed by atoms with Crippen LogP contribution in [0.4, 0.5) is 22.7 Å². The number of benzene rings is 7. The number of rotatable bonds is 4. The molecule has 2 heterocycles. The fourth-order valence-electron chi connectivity index (χ4n) is 7.85. The highest BCUT2D eigenvalue weighted by molar-refractivity contribution is 6.22. The van der Waals surface area contributed by atoms with Crippen molar-refractivity contribution in [1.29, 1.82) is 10.5 Å². The van der Waals surface area contributed by atoms with Gasteiger partial charge in [-0.3, -0.25) is 0 Å². The summed E-state index contributed by atoms with van der Waals surface area (Å²) in [5.74, 6) is 0. The van der Waals surface area contributed by atoms with Crippen LogP contribution in [0, 0.1) is 22.7 Å². The average molecular weight is 615 g/mol. The summed E-state index contributed by atoms with van der Waals surface area (Å²) in [6.07, 6.45) is 1.84. The molecule has 0 spiro atoms. The molecule has 0 radical (unpaired) electrons. The first-order chi connectivity index (χ1) is 23.7. The van der Waals surface area contributed by atoms with E-state index in [-0.39, 0.29) is 0 Å². The second-order valence-corrected chi connectivity index (χ2v) is 12.7. The van der Waals surface area contributed by atoms with Crippen molar-refractivity contribution in [2.45, 2.75) is 12.8 Å². The van der Waals surface area contributed by atoms with Crippen molar-refractivity contribution in [3.63, 3.8) is 0 Å². The van der Waals surface area contributed by atoms with Gasteiger partial charge in [0.05, 0.1) is 23.3 Å². The predicted octanol–water partition coefficient (Wildman–Crippen LogP) is 10.5. The van der Waals surface area contributed by atoms with E-state index in [1.165, 1.54) is 66.3 Å². The van der Waals surface area contributed by atoms with E-state index in [0.29, 0.717) is 11.1 Å². The molecule has 0 atom stereocenters. The number of fused-ring (bicyclic) bond motifs is 4. The largest absolute Gasteiger partial charge is 0.341 e. The summed E-state index contributed by atoms with van der Waals surface area (Å²) in [6.45, 7) is 1.76. The zero-order valence-electron chi connectivity index (χ0n) is 26.3. The van der Waals surface area contributed by atoms with Gasteiger partial charge in [0.25, 0.3) is 0 Å². The molecule has 4 nitrogen and oxygen atoms in total. The van der Waals surface area contributed by atoms with Gasteiger partial charge in [-0.1, -0.05) is 72.8 Å². The standard InChI is InChI=1S/C44H30N4/c45-27-29-11-17-41-33(23-29)19-21-47(41)35-14-16-38-39(25-35)43(31-7-3-1-4-8-31)37-15-13-36(26-40(37)44(38)32-9-5-2-6-10-32)48-22-20-34-24-30(28-46)12-18-42(34)48/h1-18,23-26H,19-22H2. The Morgan fingerprint density at radius 3 is 1.29 bits per heavy atom. The molecule has 0 bridgehead atoms. The normalized spacial score (nSPS) is 13.4. The van der Waals surface area contributed by atoms with Crippen LogP contribution in [0.25, 0.3) is 43.8 Å². The molecule has 7 aromatic rings. The van der Waals surface area contributed by atoms with Crippen molar-refractivity contribution in [2.75, 3.05) is 22.9 Å². The monoisotopic (exact) mass is 614 g/mol. The van der Waals surface area contributed by atoms with E-state index in [1.807, 2.05) is 24.3 Å². The van der Waals surface area contributed by atoms with Crippen molar-refractivity contribution >= 4 is 44.3 Å². The molecule has 0 aliphatic carbocycles. The molecule has 2 aliphatic rings. The van der Waals surface area contributed by atoms with Gasteiger partial charge in [-0.25, -0.2) is 0 Å². The van der Waals surface area contributed by atoms with Gasteiger partial charge in [0.1, 0.15) is 0 Å². The minimum Gasteiger partial charge on any atom is -0.341 e. The number of nitriles is 2. The molecule has 9 rings (SSSR count). The Morgan fingerprint density at radius 1 is 0.438 bits per heavy atom. The molecule has 226 valence electrons. The van der Waals surface area contributed by atoms with E-state index in [2.05, 4.69) is 131 Å². The molecule has 0 saturated carbocycles. The van der Waals surface area contributed by atoms with Gasteiger partial charge in [0.15, 0.2) is 0 Å². The number of nitrogens with zero attached hydrogens (tertiary/aromatic N) is 4. The van der Waals surface area contributed by atoms with E-state index in [9.17, 15) is 10.5 Å². The number of hydrogen-bond acceptors (Lipinski definition) is 4. The van der Waals surface area contributed by atoms with Crippen LogP contribution in [0.2, 0.25) is 0 Å². The highest BCUT2D eigenvalue weighted by Crippen LogP contribution is 2.47. The van der Waals surface area contributed by atoms with Crippen LogP contribution in [0.1, 0.15) is 22.3 Å². The Bertz CT molecular complexity index is 2310.